The molecule has 0 aliphatic carbocycles. The Morgan fingerprint density at radius 2 is 2.00 bits per heavy atom. The molecular formula is C16H17N3O. The minimum Gasteiger partial charge on any atom is -0.493 e. The summed E-state index contributed by atoms with van der Waals surface area (Å²) in [5.41, 5.74) is 10.1. The number of aromatic nitrogens is 2. The fourth-order valence-corrected chi connectivity index (χ4v) is 2.48. The Balaban J connectivity index is 2.29. The summed E-state index contributed by atoms with van der Waals surface area (Å²) in [7, 11) is 1.64. The maximum atomic E-state index is 6.26. The zero-order valence-electron chi connectivity index (χ0n) is 11.6. The number of anilines is 1. The summed E-state index contributed by atoms with van der Waals surface area (Å²) in [4.78, 5) is 4.67. The molecule has 3 aromatic rings. The molecule has 2 N–H and O–H groups in total. The van der Waals surface area contributed by atoms with Crippen molar-refractivity contribution in [1.82, 2.24) is 9.38 Å². The lowest BCUT2D eigenvalue weighted by molar-refractivity contribution is 0.417. The van der Waals surface area contributed by atoms with E-state index >= 15 is 0 Å². The summed E-state index contributed by atoms with van der Waals surface area (Å²) in [6.45, 7) is 2.13. The average Bonchev–Trinajstić information content (AvgIpc) is 2.84. The van der Waals surface area contributed by atoms with Crippen molar-refractivity contribution in [3.05, 3.63) is 48.2 Å². The van der Waals surface area contributed by atoms with Crippen LogP contribution in [0.2, 0.25) is 0 Å². The SMILES string of the molecule is CCc1ccccc1-c1nc2c(OC)cccn2c1N. The van der Waals surface area contributed by atoms with E-state index in [-0.39, 0.29) is 0 Å². The van der Waals surface area contributed by atoms with Crippen molar-refractivity contribution in [2.75, 3.05) is 12.8 Å². The molecule has 0 atom stereocenters. The second-order valence-electron chi connectivity index (χ2n) is 4.63. The molecular weight excluding hydrogens is 250 g/mol. The fraction of sp³-hybridized carbons (Fsp3) is 0.188. The molecule has 1 aromatic carbocycles. The number of ether oxygens (including phenoxy) is 1. The summed E-state index contributed by atoms with van der Waals surface area (Å²) < 4.78 is 7.21. The molecule has 0 bridgehead atoms. The predicted molar refractivity (Wildman–Crippen MR) is 81.0 cm³/mol. The van der Waals surface area contributed by atoms with Crippen molar-refractivity contribution in [2.24, 2.45) is 0 Å². The van der Waals surface area contributed by atoms with Crippen LogP contribution in [0.4, 0.5) is 5.82 Å². The Morgan fingerprint density at radius 1 is 1.20 bits per heavy atom. The van der Waals surface area contributed by atoms with Gasteiger partial charge in [0.05, 0.1) is 7.11 Å². The third-order valence-corrected chi connectivity index (χ3v) is 3.52. The Bertz CT molecular complexity index is 762. The van der Waals surface area contributed by atoms with E-state index in [9.17, 15) is 0 Å². The molecule has 0 radical (unpaired) electrons. The van der Waals surface area contributed by atoms with Crippen molar-refractivity contribution < 1.29 is 4.74 Å². The zero-order chi connectivity index (χ0) is 14.1. The van der Waals surface area contributed by atoms with Crippen LogP contribution in [-0.4, -0.2) is 16.5 Å². The van der Waals surface area contributed by atoms with Crippen LogP contribution < -0.4 is 10.5 Å². The van der Waals surface area contributed by atoms with Crippen LogP contribution in [-0.2, 0) is 6.42 Å². The number of imidazole rings is 1. The van der Waals surface area contributed by atoms with Gasteiger partial charge in [0.1, 0.15) is 11.5 Å². The van der Waals surface area contributed by atoms with Gasteiger partial charge in [-0.3, -0.25) is 4.40 Å². The maximum Gasteiger partial charge on any atom is 0.181 e. The quantitative estimate of drug-likeness (QED) is 0.793. The van der Waals surface area contributed by atoms with E-state index in [1.54, 1.807) is 7.11 Å². The van der Waals surface area contributed by atoms with Crippen LogP contribution in [0.3, 0.4) is 0 Å². The second kappa shape index (κ2) is 4.89. The molecule has 0 spiro atoms. The molecule has 3 rings (SSSR count). The van der Waals surface area contributed by atoms with Crippen LogP contribution in [0.5, 0.6) is 5.75 Å². The van der Waals surface area contributed by atoms with Crippen LogP contribution in [0.15, 0.2) is 42.6 Å². The first-order valence-corrected chi connectivity index (χ1v) is 6.65. The first-order chi connectivity index (χ1) is 9.76. The average molecular weight is 267 g/mol. The Labute approximate surface area is 117 Å². The highest BCUT2D eigenvalue weighted by molar-refractivity contribution is 5.78. The molecule has 0 aliphatic heterocycles. The summed E-state index contributed by atoms with van der Waals surface area (Å²) in [5.74, 6) is 1.36. The molecule has 2 heterocycles. The van der Waals surface area contributed by atoms with E-state index < -0.39 is 0 Å². The zero-order valence-corrected chi connectivity index (χ0v) is 11.6. The normalized spacial score (nSPS) is 10.9. The maximum absolute atomic E-state index is 6.26. The molecule has 4 nitrogen and oxygen atoms in total. The van der Waals surface area contributed by atoms with Gasteiger partial charge < -0.3 is 10.5 Å². The number of hydrogen-bond donors (Lipinski definition) is 1. The minimum atomic E-state index is 0.639. The van der Waals surface area contributed by atoms with Crippen molar-refractivity contribution in [3.63, 3.8) is 0 Å². The van der Waals surface area contributed by atoms with E-state index in [0.717, 1.165) is 29.1 Å². The minimum absolute atomic E-state index is 0.639. The number of fused-ring (bicyclic) bond motifs is 1. The number of methoxy groups -OCH3 is 1. The molecule has 102 valence electrons. The summed E-state index contributed by atoms with van der Waals surface area (Å²) in [6, 6.07) is 12.0. The van der Waals surface area contributed by atoms with Crippen molar-refractivity contribution >= 4 is 11.5 Å². The van der Waals surface area contributed by atoms with Gasteiger partial charge in [-0.05, 0) is 24.1 Å². The van der Waals surface area contributed by atoms with Crippen LogP contribution >= 0.6 is 0 Å². The lowest BCUT2D eigenvalue weighted by Crippen LogP contribution is -1.96. The second-order valence-corrected chi connectivity index (χ2v) is 4.63. The third kappa shape index (κ3) is 1.81. The number of nitrogens with two attached hydrogens (primary N) is 1. The van der Waals surface area contributed by atoms with E-state index in [4.69, 9.17) is 10.5 Å². The topological polar surface area (TPSA) is 52.5 Å². The van der Waals surface area contributed by atoms with Gasteiger partial charge in [0.25, 0.3) is 0 Å². The fourth-order valence-electron chi connectivity index (χ4n) is 2.48. The van der Waals surface area contributed by atoms with E-state index in [1.165, 1.54) is 5.56 Å². The number of hydrogen-bond acceptors (Lipinski definition) is 3. The van der Waals surface area contributed by atoms with Gasteiger partial charge in [0.2, 0.25) is 0 Å². The highest BCUT2D eigenvalue weighted by atomic mass is 16.5. The number of pyridine rings is 1. The number of aryl methyl sites for hydroxylation is 1. The smallest absolute Gasteiger partial charge is 0.181 e. The van der Waals surface area contributed by atoms with Gasteiger partial charge >= 0.3 is 0 Å². The highest BCUT2D eigenvalue weighted by Crippen LogP contribution is 2.32. The van der Waals surface area contributed by atoms with Gasteiger partial charge in [-0.1, -0.05) is 31.2 Å². The molecule has 0 amide bonds. The Kier molecular flexibility index (Phi) is 3.06. The van der Waals surface area contributed by atoms with Gasteiger partial charge in [-0.15, -0.1) is 0 Å². The third-order valence-electron chi connectivity index (χ3n) is 3.52. The van der Waals surface area contributed by atoms with E-state index in [0.29, 0.717) is 5.82 Å². The van der Waals surface area contributed by atoms with Crippen molar-refractivity contribution in [3.8, 4) is 17.0 Å². The number of nitrogens with zero attached hydrogens (tertiary/aromatic N) is 2. The van der Waals surface area contributed by atoms with Gasteiger partial charge in [0.15, 0.2) is 11.4 Å². The number of rotatable bonds is 3. The lowest BCUT2D eigenvalue weighted by Gasteiger charge is -2.05. The first kappa shape index (κ1) is 12.5. The lowest BCUT2D eigenvalue weighted by atomic mass is 10.0. The van der Waals surface area contributed by atoms with E-state index in [2.05, 4.69) is 24.0 Å². The Morgan fingerprint density at radius 3 is 2.75 bits per heavy atom. The summed E-state index contributed by atoms with van der Waals surface area (Å²) >= 11 is 0. The molecule has 0 unspecified atom stereocenters. The molecule has 0 saturated heterocycles. The van der Waals surface area contributed by atoms with Crippen LogP contribution in [0.25, 0.3) is 16.9 Å². The summed E-state index contributed by atoms with van der Waals surface area (Å²) in [5, 5.41) is 0. The largest absolute Gasteiger partial charge is 0.493 e. The number of nitrogen functional groups attached to an aromatic ring is 1. The van der Waals surface area contributed by atoms with Crippen LogP contribution in [0, 0.1) is 0 Å². The molecule has 4 heteroatoms. The summed E-state index contributed by atoms with van der Waals surface area (Å²) in [6.07, 6.45) is 2.85. The van der Waals surface area contributed by atoms with Gasteiger partial charge in [-0.2, -0.15) is 0 Å². The van der Waals surface area contributed by atoms with Gasteiger partial charge in [-0.25, -0.2) is 4.98 Å². The first-order valence-electron chi connectivity index (χ1n) is 6.65. The molecule has 0 fully saturated rings. The van der Waals surface area contributed by atoms with Crippen LogP contribution in [0.1, 0.15) is 12.5 Å². The number of benzene rings is 1. The van der Waals surface area contributed by atoms with Gasteiger partial charge in [0, 0.05) is 11.8 Å². The molecule has 0 saturated carbocycles. The molecule has 0 aliphatic rings. The Hall–Kier alpha value is -2.49. The van der Waals surface area contributed by atoms with Crippen molar-refractivity contribution in [1.29, 1.82) is 0 Å². The van der Waals surface area contributed by atoms with Crippen molar-refractivity contribution in [2.45, 2.75) is 13.3 Å². The molecule has 2 aromatic heterocycles. The molecule has 20 heavy (non-hydrogen) atoms. The van der Waals surface area contributed by atoms with E-state index in [1.807, 2.05) is 34.9 Å². The monoisotopic (exact) mass is 267 g/mol. The standard InChI is InChI=1S/C16H17N3O/c1-3-11-7-4-5-8-12(11)14-15(17)19-10-6-9-13(20-2)16(19)18-14/h4-10H,3,17H2,1-2H3. The highest BCUT2D eigenvalue weighted by Gasteiger charge is 2.15. The predicted octanol–water partition coefficient (Wildman–Crippen LogP) is 3.15.